The van der Waals surface area contributed by atoms with Gasteiger partial charge in [-0.3, -0.25) is 9.59 Å². The third-order valence-electron chi connectivity index (χ3n) is 4.09. The minimum absolute atomic E-state index is 0.0892. The highest BCUT2D eigenvalue weighted by Gasteiger charge is 2.29. The SMILES string of the molecule is CC[C@@H](NC(=O)C[C@H]1Sc2ccccc2NC1=O)c1ccc(Cl)cc1. The van der Waals surface area contributed by atoms with Crippen LogP contribution in [0.1, 0.15) is 31.4 Å². The molecule has 1 aliphatic heterocycles. The van der Waals surface area contributed by atoms with Gasteiger partial charge < -0.3 is 10.6 Å². The fourth-order valence-electron chi connectivity index (χ4n) is 2.76. The van der Waals surface area contributed by atoms with Crippen molar-refractivity contribution >= 4 is 40.9 Å². The molecule has 4 nitrogen and oxygen atoms in total. The lowest BCUT2D eigenvalue weighted by molar-refractivity contribution is -0.124. The van der Waals surface area contributed by atoms with Gasteiger partial charge in [0.2, 0.25) is 11.8 Å². The first-order valence-corrected chi connectivity index (χ1v) is 9.44. The van der Waals surface area contributed by atoms with E-state index in [4.69, 9.17) is 11.6 Å². The molecule has 130 valence electrons. The maximum atomic E-state index is 12.4. The van der Waals surface area contributed by atoms with Gasteiger partial charge in [0.1, 0.15) is 0 Å². The number of rotatable bonds is 5. The van der Waals surface area contributed by atoms with Crippen LogP contribution in [0.15, 0.2) is 53.4 Å². The van der Waals surface area contributed by atoms with Crippen molar-refractivity contribution in [3.8, 4) is 0 Å². The third kappa shape index (κ3) is 4.35. The van der Waals surface area contributed by atoms with Gasteiger partial charge >= 0.3 is 0 Å². The number of nitrogens with one attached hydrogen (secondary N) is 2. The Morgan fingerprint density at radius 2 is 1.96 bits per heavy atom. The Balaban J connectivity index is 1.64. The summed E-state index contributed by atoms with van der Waals surface area (Å²) >= 11 is 7.35. The van der Waals surface area contributed by atoms with Crippen molar-refractivity contribution in [3.05, 3.63) is 59.1 Å². The number of halogens is 1. The van der Waals surface area contributed by atoms with E-state index in [2.05, 4.69) is 10.6 Å². The van der Waals surface area contributed by atoms with Gasteiger partial charge in [-0.05, 0) is 36.2 Å². The summed E-state index contributed by atoms with van der Waals surface area (Å²) in [6.45, 7) is 2.01. The third-order valence-corrected chi connectivity index (χ3v) is 5.62. The molecule has 1 heterocycles. The normalized spacial score (nSPS) is 17.4. The molecule has 0 radical (unpaired) electrons. The molecule has 2 aromatic carbocycles. The second-order valence-corrected chi connectivity index (χ2v) is 7.56. The van der Waals surface area contributed by atoms with Gasteiger partial charge in [0.15, 0.2) is 0 Å². The Bertz CT molecular complexity index is 779. The van der Waals surface area contributed by atoms with Crippen LogP contribution >= 0.6 is 23.4 Å². The van der Waals surface area contributed by atoms with Crippen LogP contribution in [0.4, 0.5) is 5.69 Å². The second kappa shape index (κ2) is 7.93. The first-order valence-electron chi connectivity index (χ1n) is 8.18. The zero-order chi connectivity index (χ0) is 17.8. The lowest BCUT2D eigenvalue weighted by Crippen LogP contribution is -2.36. The number of carbonyl (C=O) groups is 2. The van der Waals surface area contributed by atoms with E-state index in [1.165, 1.54) is 11.8 Å². The maximum Gasteiger partial charge on any atom is 0.238 e. The van der Waals surface area contributed by atoms with Crippen molar-refractivity contribution in [1.29, 1.82) is 0 Å². The quantitative estimate of drug-likeness (QED) is 0.814. The summed E-state index contributed by atoms with van der Waals surface area (Å²) in [6, 6.07) is 15.0. The zero-order valence-corrected chi connectivity index (χ0v) is 15.4. The lowest BCUT2D eigenvalue weighted by Gasteiger charge is -2.24. The van der Waals surface area contributed by atoms with E-state index in [0.717, 1.165) is 22.6 Å². The van der Waals surface area contributed by atoms with Crippen LogP contribution in [0.25, 0.3) is 0 Å². The van der Waals surface area contributed by atoms with Crippen molar-refractivity contribution < 1.29 is 9.59 Å². The average Bonchev–Trinajstić information content (AvgIpc) is 2.61. The van der Waals surface area contributed by atoms with Gasteiger partial charge in [0.25, 0.3) is 0 Å². The fraction of sp³-hybridized carbons (Fsp3) is 0.263. The predicted molar refractivity (Wildman–Crippen MR) is 102 cm³/mol. The second-order valence-electron chi connectivity index (χ2n) is 5.88. The Hall–Kier alpha value is -1.98. The van der Waals surface area contributed by atoms with E-state index in [9.17, 15) is 9.59 Å². The molecule has 2 atom stereocenters. The van der Waals surface area contributed by atoms with Gasteiger partial charge in [0, 0.05) is 16.3 Å². The molecule has 25 heavy (non-hydrogen) atoms. The van der Waals surface area contributed by atoms with Gasteiger partial charge in [-0.15, -0.1) is 11.8 Å². The van der Waals surface area contributed by atoms with Crippen molar-refractivity contribution in [1.82, 2.24) is 5.32 Å². The van der Waals surface area contributed by atoms with Crippen molar-refractivity contribution in [3.63, 3.8) is 0 Å². The van der Waals surface area contributed by atoms with Crippen LogP contribution in [-0.2, 0) is 9.59 Å². The molecular weight excluding hydrogens is 356 g/mol. The molecule has 2 N–H and O–H groups in total. The number of fused-ring (bicyclic) bond motifs is 1. The van der Waals surface area contributed by atoms with Gasteiger partial charge in [0.05, 0.1) is 17.0 Å². The minimum Gasteiger partial charge on any atom is -0.349 e. The predicted octanol–water partition coefficient (Wildman–Crippen LogP) is 4.41. The van der Waals surface area contributed by atoms with Gasteiger partial charge in [-0.25, -0.2) is 0 Å². The van der Waals surface area contributed by atoms with Gasteiger partial charge in [-0.1, -0.05) is 42.8 Å². The molecule has 2 aromatic rings. The first-order chi connectivity index (χ1) is 12.1. The van der Waals surface area contributed by atoms with E-state index < -0.39 is 5.25 Å². The average molecular weight is 375 g/mol. The molecule has 0 saturated heterocycles. The fourth-order valence-corrected chi connectivity index (χ4v) is 4.00. The summed E-state index contributed by atoms with van der Waals surface area (Å²) in [4.78, 5) is 25.7. The summed E-state index contributed by atoms with van der Waals surface area (Å²) in [5, 5.41) is 6.13. The van der Waals surface area contributed by atoms with Crippen LogP contribution in [0.2, 0.25) is 5.02 Å². The number of benzene rings is 2. The number of amides is 2. The van der Waals surface area contributed by atoms with E-state index in [0.29, 0.717) is 5.02 Å². The summed E-state index contributed by atoms with van der Waals surface area (Å²) in [5.74, 6) is -0.257. The van der Waals surface area contributed by atoms with E-state index in [1.54, 1.807) is 0 Å². The Kier molecular flexibility index (Phi) is 5.66. The summed E-state index contributed by atoms with van der Waals surface area (Å²) in [6.07, 6.45) is 0.912. The highest BCUT2D eigenvalue weighted by molar-refractivity contribution is 8.01. The standard InChI is InChI=1S/C19H19ClN2O2S/c1-2-14(12-7-9-13(20)10-8-12)21-18(23)11-17-19(24)22-15-5-3-4-6-16(15)25-17/h3-10,14,17H,2,11H2,1H3,(H,21,23)(H,22,24)/t14-,17-/m1/s1. The van der Waals surface area contributed by atoms with Crippen LogP contribution in [0.3, 0.4) is 0 Å². The summed E-state index contributed by atoms with van der Waals surface area (Å²) < 4.78 is 0. The zero-order valence-electron chi connectivity index (χ0n) is 13.8. The molecule has 3 rings (SSSR count). The van der Waals surface area contributed by atoms with E-state index in [1.807, 2.05) is 55.5 Å². The maximum absolute atomic E-state index is 12.4. The van der Waals surface area contributed by atoms with Gasteiger partial charge in [-0.2, -0.15) is 0 Å². The molecule has 0 unspecified atom stereocenters. The number of para-hydroxylation sites is 1. The van der Waals surface area contributed by atoms with Crippen LogP contribution in [-0.4, -0.2) is 17.1 Å². The largest absolute Gasteiger partial charge is 0.349 e. The lowest BCUT2D eigenvalue weighted by atomic mass is 10.0. The number of hydrogen-bond acceptors (Lipinski definition) is 3. The molecule has 1 aliphatic rings. The molecule has 0 bridgehead atoms. The minimum atomic E-state index is -0.419. The van der Waals surface area contributed by atoms with Crippen LogP contribution in [0.5, 0.6) is 0 Å². The summed E-state index contributed by atoms with van der Waals surface area (Å²) in [5.41, 5.74) is 1.81. The number of thioether (sulfide) groups is 1. The molecule has 0 aromatic heterocycles. The van der Waals surface area contributed by atoms with E-state index >= 15 is 0 Å². The Morgan fingerprint density at radius 3 is 2.68 bits per heavy atom. The first kappa shape index (κ1) is 17.8. The van der Waals surface area contributed by atoms with Crippen LogP contribution in [0, 0.1) is 0 Å². The molecule has 2 amide bonds. The molecule has 0 saturated carbocycles. The highest BCUT2D eigenvalue weighted by atomic mass is 35.5. The topological polar surface area (TPSA) is 58.2 Å². The number of hydrogen-bond donors (Lipinski definition) is 2. The summed E-state index contributed by atoms with van der Waals surface area (Å²) in [7, 11) is 0. The number of carbonyl (C=O) groups excluding carboxylic acids is 2. The molecule has 6 heteroatoms. The molecule has 0 aliphatic carbocycles. The number of anilines is 1. The van der Waals surface area contributed by atoms with E-state index in [-0.39, 0.29) is 24.3 Å². The monoisotopic (exact) mass is 374 g/mol. The van der Waals surface area contributed by atoms with Crippen molar-refractivity contribution in [2.75, 3.05) is 5.32 Å². The molecule has 0 fully saturated rings. The van der Waals surface area contributed by atoms with Crippen molar-refractivity contribution in [2.24, 2.45) is 0 Å². The molecular formula is C19H19ClN2O2S. The Morgan fingerprint density at radius 1 is 1.24 bits per heavy atom. The van der Waals surface area contributed by atoms with Crippen LogP contribution < -0.4 is 10.6 Å². The smallest absolute Gasteiger partial charge is 0.238 e. The van der Waals surface area contributed by atoms with Crippen molar-refractivity contribution in [2.45, 2.75) is 36.0 Å². The molecule has 0 spiro atoms. The highest BCUT2D eigenvalue weighted by Crippen LogP contribution is 2.36. The Labute approximate surface area is 156 Å².